The van der Waals surface area contributed by atoms with Gasteiger partial charge >= 0.3 is 6.18 Å². The SMILES string of the molecule is O=c1[nH]ncc(-c2c(-n3cc(C(F)(F)F)nn3)ccc(Cl)c2F)c1Cl. The Bertz CT molecular complexity index is 1010. The quantitative estimate of drug-likeness (QED) is 0.676. The molecule has 2 heterocycles. The molecule has 0 radical (unpaired) electrons. The number of rotatable bonds is 2. The van der Waals surface area contributed by atoms with Crippen LogP contribution in [0.5, 0.6) is 0 Å². The third-order valence-corrected chi connectivity index (χ3v) is 3.84. The zero-order valence-electron chi connectivity index (χ0n) is 11.8. The van der Waals surface area contributed by atoms with E-state index in [1.807, 2.05) is 0 Å². The van der Waals surface area contributed by atoms with Gasteiger partial charge in [-0.05, 0) is 12.1 Å². The molecule has 0 saturated carbocycles. The van der Waals surface area contributed by atoms with Crippen LogP contribution in [0, 0.1) is 5.82 Å². The number of nitrogens with one attached hydrogen (secondary N) is 1. The van der Waals surface area contributed by atoms with Crippen LogP contribution in [0.3, 0.4) is 0 Å². The van der Waals surface area contributed by atoms with Crippen LogP contribution in [0.1, 0.15) is 5.69 Å². The van der Waals surface area contributed by atoms with Crippen molar-refractivity contribution in [3.63, 3.8) is 0 Å². The number of H-pyrrole nitrogens is 1. The molecule has 0 unspecified atom stereocenters. The molecule has 0 atom stereocenters. The van der Waals surface area contributed by atoms with Crippen molar-refractivity contribution in [1.29, 1.82) is 0 Å². The predicted octanol–water partition coefficient (Wildman–Crippen LogP) is 3.48. The number of hydrogen-bond donors (Lipinski definition) is 1. The number of aromatic nitrogens is 5. The first-order valence-electron chi connectivity index (χ1n) is 6.41. The molecule has 0 aliphatic heterocycles. The first-order valence-corrected chi connectivity index (χ1v) is 7.17. The maximum atomic E-state index is 14.6. The van der Waals surface area contributed by atoms with E-state index >= 15 is 0 Å². The van der Waals surface area contributed by atoms with Crippen molar-refractivity contribution in [3.05, 3.63) is 56.4 Å². The molecule has 0 fully saturated rings. The minimum atomic E-state index is -4.73. The Morgan fingerprint density at radius 2 is 1.92 bits per heavy atom. The average molecular weight is 394 g/mol. The van der Waals surface area contributed by atoms with Crippen LogP contribution in [0.15, 0.2) is 29.3 Å². The molecule has 6 nitrogen and oxygen atoms in total. The minimum absolute atomic E-state index is 0.154. The van der Waals surface area contributed by atoms with Gasteiger partial charge in [-0.15, -0.1) is 5.10 Å². The molecular weight excluding hydrogens is 389 g/mol. The van der Waals surface area contributed by atoms with Gasteiger partial charge in [0, 0.05) is 11.1 Å². The summed E-state index contributed by atoms with van der Waals surface area (Å²) in [5.41, 5.74) is -2.73. The largest absolute Gasteiger partial charge is 0.436 e. The zero-order valence-corrected chi connectivity index (χ0v) is 13.3. The normalized spacial score (nSPS) is 11.8. The lowest BCUT2D eigenvalue weighted by atomic mass is 10.0. The Hall–Kier alpha value is -2.46. The molecule has 12 heteroatoms. The van der Waals surface area contributed by atoms with E-state index in [0.29, 0.717) is 10.9 Å². The Morgan fingerprint density at radius 1 is 1.20 bits per heavy atom. The van der Waals surface area contributed by atoms with E-state index < -0.39 is 28.3 Å². The van der Waals surface area contributed by atoms with Gasteiger partial charge in [-0.2, -0.15) is 18.3 Å². The van der Waals surface area contributed by atoms with E-state index in [0.717, 1.165) is 12.3 Å². The molecule has 2 aromatic heterocycles. The van der Waals surface area contributed by atoms with Crippen molar-refractivity contribution in [2.75, 3.05) is 0 Å². The zero-order chi connectivity index (χ0) is 18.4. The van der Waals surface area contributed by atoms with Gasteiger partial charge in [0.25, 0.3) is 5.56 Å². The fraction of sp³-hybridized carbons (Fsp3) is 0.0769. The number of hydrogen-bond acceptors (Lipinski definition) is 4. The molecule has 0 saturated heterocycles. The van der Waals surface area contributed by atoms with Crippen LogP contribution in [-0.4, -0.2) is 25.2 Å². The van der Waals surface area contributed by atoms with Crippen LogP contribution >= 0.6 is 23.2 Å². The fourth-order valence-corrected chi connectivity index (χ4v) is 2.40. The second-order valence-corrected chi connectivity index (χ2v) is 5.51. The van der Waals surface area contributed by atoms with Gasteiger partial charge in [0.1, 0.15) is 5.02 Å². The number of alkyl halides is 3. The van der Waals surface area contributed by atoms with Gasteiger partial charge < -0.3 is 0 Å². The topological polar surface area (TPSA) is 76.5 Å². The summed E-state index contributed by atoms with van der Waals surface area (Å²) in [6.45, 7) is 0. The molecule has 1 aromatic carbocycles. The standard InChI is InChI=1S/C13H5Cl2F4N5O/c14-6-1-2-7(24-4-8(21-23-24)13(17,18)19)9(11(6)16)5-3-20-22-12(25)10(5)15/h1-4H,(H,22,25). The molecular formula is C13H5Cl2F4N5O. The number of halogens is 6. The van der Waals surface area contributed by atoms with Gasteiger partial charge in [-0.25, -0.2) is 14.2 Å². The average Bonchev–Trinajstić information content (AvgIpc) is 3.03. The lowest BCUT2D eigenvalue weighted by Gasteiger charge is -2.12. The van der Waals surface area contributed by atoms with Gasteiger partial charge in [-0.1, -0.05) is 28.4 Å². The molecule has 0 aliphatic rings. The smallest absolute Gasteiger partial charge is 0.266 e. The first kappa shape index (κ1) is 17.4. The summed E-state index contributed by atoms with van der Waals surface area (Å²) in [6.07, 6.45) is -3.11. The van der Waals surface area contributed by atoms with Gasteiger partial charge in [0.15, 0.2) is 11.5 Å². The molecule has 25 heavy (non-hydrogen) atoms. The summed E-state index contributed by atoms with van der Waals surface area (Å²) in [5, 5.41) is 11.2. The summed E-state index contributed by atoms with van der Waals surface area (Å²) in [7, 11) is 0. The Labute approximate surface area is 146 Å². The van der Waals surface area contributed by atoms with Crippen LogP contribution < -0.4 is 5.56 Å². The van der Waals surface area contributed by atoms with E-state index in [2.05, 4.69) is 20.5 Å². The van der Waals surface area contributed by atoms with Crippen molar-refractivity contribution in [2.24, 2.45) is 0 Å². The minimum Gasteiger partial charge on any atom is -0.266 e. The molecule has 3 aromatic rings. The molecule has 1 N–H and O–H groups in total. The highest BCUT2D eigenvalue weighted by atomic mass is 35.5. The number of nitrogens with zero attached hydrogens (tertiary/aromatic N) is 4. The van der Waals surface area contributed by atoms with Crippen LogP contribution in [0.2, 0.25) is 10.0 Å². The second-order valence-electron chi connectivity index (χ2n) is 4.73. The van der Waals surface area contributed by atoms with Gasteiger partial charge in [0.2, 0.25) is 0 Å². The molecule has 0 bridgehead atoms. The van der Waals surface area contributed by atoms with E-state index in [-0.39, 0.29) is 21.8 Å². The Morgan fingerprint density at radius 3 is 2.56 bits per heavy atom. The lowest BCUT2D eigenvalue weighted by Crippen LogP contribution is -2.10. The Balaban J connectivity index is 2.29. The number of aromatic amines is 1. The first-order chi connectivity index (χ1) is 11.7. The third-order valence-electron chi connectivity index (χ3n) is 3.17. The fourth-order valence-electron chi connectivity index (χ4n) is 2.06. The monoisotopic (exact) mass is 393 g/mol. The van der Waals surface area contributed by atoms with E-state index in [1.165, 1.54) is 6.07 Å². The van der Waals surface area contributed by atoms with Crippen molar-refractivity contribution in [2.45, 2.75) is 6.18 Å². The summed E-state index contributed by atoms with van der Waals surface area (Å²) in [4.78, 5) is 11.6. The summed E-state index contributed by atoms with van der Waals surface area (Å²) in [5.74, 6) is -1.00. The van der Waals surface area contributed by atoms with Crippen molar-refractivity contribution < 1.29 is 17.6 Å². The molecule has 130 valence electrons. The van der Waals surface area contributed by atoms with Crippen LogP contribution in [-0.2, 0) is 6.18 Å². The summed E-state index contributed by atoms with van der Waals surface area (Å²) < 4.78 is 53.4. The second kappa shape index (κ2) is 6.12. The number of benzene rings is 1. The molecule has 0 spiro atoms. The molecule has 3 rings (SSSR count). The molecule has 0 aliphatic carbocycles. The van der Waals surface area contributed by atoms with Crippen molar-refractivity contribution in [3.8, 4) is 16.8 Å². The van der Waals surface area contributed by atoms with Gasteiger partial charge in [-0.3, -0.25) is 4.79 Å². The maximum Gasteiger partial charge on any atom is 0.436 e. The predicted molar refractivity (Wildman–Crippen MR) is 80.2 cm³/mol. The van der Waals surface area contributed by atoms with Crippen LogP contribution in [0.25, 0.3) is 16.8 Å². The van der Waals surface area contributed by atoms with Crippen LogP contribution in [0.4, 0.5) is 17.6 Å². The highest BCUT2D eigenvalue weighted by molar-refractivity contribution is 6.34. The van der Waals surface area contributed by atoms with E-state index in [1.54, 1.807) is 0 Å². The Kier molecular flexibility index (Phi) is 4.25. The lowest BCUT2D eigenvalue weighted by molar-refractivity contribution is -0.141. The molecule has 0 amide bonds. The van der Waals surface area contributed by atoms with E-state index in [9.17, 15) is 22.4 Å². The summed E-state index contributed by atoms with van der Waals surface area (Å²) in [6, 6.07) is 2.34. The summed E-state index contributed by atoms with van der Waals surface area (Å²) >= 11 is 11.6. The highest BCUT2D eigenvalue weighted by Crippen LogP contribution is 2.36. The third kappa shape index (κ3) is 3.10. The van der Waals surface area contributed by atoms with E-state index in [4.69, 9.17) is 23.2 Å². The van der Waals surface area contributed by atoms with Crippen molar-refractivity contribution >= 4 is 23.2 Å². The van der Waals surface area contributed by atoms with Crippen molar-refractivity contribution in [1.82, 2.24) is 25.2 Å². The maximum absolute atomic E-state index is 14.6. The highest BCUT2D eigenvalue weighted by Gasteiger charge is 2.35. The van der Waals surface area contributed by atoms with Gasteiger partial charge in [0.05, 0.1) is 23.1 Å².